The highest BCUT2D eigenvalue weighted by atomic mass is 35.5. The predicted molar refractivity (Wildman–Crippen MR) is 63.5 cm³/mol. The highest BCUT2D eigenvalue weighted by Crippen LogP contribution is 2.24. The van der Waals surface area contributed by atoms with Crippen LogP contribution in [-0.4, -0.2) is 22.5 Å². The highest BCUT2D eigenvalue weighted by Gasteiger charge is 2.15. The minimum absolute atomic E-state index is 0.183. The van der Waals surface area contributed by atoms with Crippen LogP contribution in [0.3, 0.4) is 0 Å². The van der Waals surface area contributed by atoms with Crippen molar-refractivity contribution < 1.29 is 5.11 Å². The van der Waals surface area contributed by atoms with E-state index in [2.05, 4.69) is 12.2 Å². The first-order valence-electron chi connectivity index (χ1n) is 5.14. The number of halogens is 1. The predicted octanol–water partition coefficient (Wildman–Crippen LogP) is 2.67. The molecule has 1 rings (SSSR count). The van der Waals surface area contributed by atoms with Crippen LogP contribution in [-0.2, 0) is 0 Å². The van der Waals surface area contributed by atoms with Gasteiger partial charge >= 0.3 is 0 Å². The van der Waals surface area contributed by atoms with Crippen LogP contribution in [0, 0.1) is 0 Å². The number of hydrogen-bond donors (Lipinski definition) is 2. The lowest BCUT2D eigenvalue weighted by Gasteiger charge is -2.22. The molecule has 0 aromatic rings. The third kappa shape index (κ3) is 4.69. The minimum atomic E-state index is -0.397. The Morgan fingerprint density at radius 1 is 1.79 bits per heavy atom. The molecule has 0 spiro atoms. The van der Waals surface area contributed by atoms with Crippen LogP contribution < -0.4 is 5.32 Å². The van der Waals surface area contributed by atoms with Crippen molar-refractivity contribution in [3.63, 3.8) is 0 Å². The summed E-state index contributed by atoms with van der Waals surface area (Å²) in [5.74, 6) is 1.04. The van der Waals surface area contributed by atoms with Gasteiger partial charge in [-0.3, -0.25) is 5.32 Å². The number of unbranched alkanes of at least 4 members (excludes halogenated alkanes) is 1. The molecule has 2 atom stereocenters. The molecule has 1 aliphatic heterocycles. The summed E-state index contributed by atoms with van der Waals surface area (Å²) in [7, 11) is 0. The molecular weight excluding hydrogens is 218 g/mol. The van der Waals surface area contributed by atoms with Crippen LogP contribution in [0.4, 0.5) is 0 Å². The Morgan fingerprint density at radius 3 is 3.21 bits per heavy atom. The van der Waals surface area contributed by atoms with Crippen molar-refractivity contribution in [1.29, 1.82) is 0 Å². The number of allylic oxidation sites excluding steroid dienone is 1. The average molecular weight is 236 g/mol. The average Bonchev–Trinajstić information content (AvgIpc) is 2.15. The zero-order chi connectivity index (χ0) is 10.4. The minimum Gasteiger partial charge on any atom is -0.379 e. The van der Waals surface area contributed by atoms with Gasteiger partial charge in [-0.15, -0.1) is 11.8 Å². The van der Waals surface area contributed by atoms with Crippen molar-refractivity contribution >= 4 is 23.4 Å². The molecule has 1 aliphatic rings. The fraction of sp³-hybridized carbons (Fsp3) is 0.800. The van der Waals surface area contributed by atoms with E-state index in [9.17, 15) is 5.11 Å². The van der Waals surface area contributed by atoms with Gasteiger partial charge in [0.25, 0.3) is 0 Å². The third-order valence-corrected chi connectivity index (χ3v) is 3.54. The van der Waals surface area contributed by atoms with Crippen molar-refractivity contribution in [3.8, 4) is 0 Å². The molecule has 0 bridgehead atoms. The van der Waals surface area contributed by atoms with Gasteiger partial charge in [0.1, 0.15) is 6.23 Å². The molecule has 82 valence electrons. The largest absolute Gasteiger partial charge is 0.379 e. The molecule has 4 heteroatoms. The number of rotatable bonds is 5. The molecule has 0 amide bonds. The standard InChI is InChI=1S/C10H18ClNOS/c1-2-3-4-9(13)12-10-7-8(11)5-6-14-10/h7,9-10,12-13H,2-6H2,1H3. The first-order valence-corrected chi connectivity index (χ1v) is 6.57. The van der Waals surface area contributed by atoms with Crippen LogP contribution in [0.25, 0.3) is 0 Å². The maximum Gasteiger partial charge on any atom is 0.105 e. The maximum atomic E-state index is 9.62. The topological polar surface area (TPSA) is 32.3 Å². The molecule has 2 unspecified atom stereocenters. The summed E-state index contributed by atoms with van der Waals surface area (Å²) >= 11 is 7.72. The van der Waals surface area contributed by atoms with E-state index in [1.807, 2.05) is 6.08 Å². The van der Waals surface area contributed by atoms with Crippen LogP contribution in [0.5, 0.6) is 0 Å². The van der Waals surface area contributed by atoms with Gasteiger partial charge in [-0.25, -0.2) is 0 Å². The molecule has 0 aromatic carbocycles. The molecule has 2 N–H and O–H groups in total. The van der Waals surface area contributed by atoms with Crippen LogP contribution in [0.1, 0.15) is 32.6 Å². The molecule has 0 saturated heterocycles. The van der Waals surface area contributed by atoms with Gasteiger partial charge < -0.3 is 5.11 Å². The number of aliphatic hydroxyl groups is 1. The zero-order valence-corrected chi connectivity index (χ0v) is 10.1. The van der Waals surface area contributed by atoms with Crippen molar-refractivity contribution in [2.75, 3.05) is 5.75 Å². The van der Waals surface area contributed by atoms with Gasteiger partial charge in [-0.2, -0.15) is 0 Å². The highest BCUT2D eigenvalue weighted by molar-refractivity contribution is 8.00. The summed E-state index contributed by atoms with van der Waals surface area (Å²) in [6.45, 7) is 2.12. The third-order valence-electron chi connectivity index (χ3n) is 2.16. The first-order chi connectivity index (χ1) is 6.72. The molecule has 0 saturated carbocycles. The van der Waals surface area contributed by atoms with Gasteiger partial charge in [0.05, 0.1) is 5.37 Å². The van der Waals surface area contributed by atoms with Crippen molar-refractivity contribution in [2.45, 2.75) is 44.2 Å². The first kappa shape index (κ1) is 12.4. The number of aliphatic hydroxyl groups excluding tert-OH is 1. The van der Waals surface area contributed by atoms with E-state index >= 15 is 0 Å². The smallest absolute Gasteiger partial charge is 0.105 e. The van der Waals surface area contributed by atoms with Crippen LogP contribution >= 0.6 is 23.4 Å². The second-order valence-corrected chi connectivity index (χ2v) is 5.21. The van der Waals surface area contributed by atoms with Gasteiger partial charge in [-0.05, 0) is 25.3 Å². The quantitative estimate of drug-likeness (QED) is 0.719. The number of thioether (sulfide) groups is 1. The van der Waals surface area contributed by atoms with Crippen molar-refractivity contribution in [3.05, 3.63) is 11.1 Å². The summed E-state index contributed by atoms with van der Waals surface area (Å²) in [4.78, 5) is 0. The molecular formula is C10H18ClNOS. The second kappa shape index (κ2) is 6.72. The molecule has 0 aromatic heterocycles. The van der Waals surface area contributed by atoms with E-state index in [1.54, 1.807) is 11.8 Å². The van der Waals surface area contributed by atoms with E-state index in [0.29, 0.717) is 0 Å². The van der Waals surface area contributed by atoms with Crippen molar-refractivity contribution in [1.82, 2.24) is 5.32 Å². The van der Waals surface area contributed by atoms with Gasteiger partial charge in [0.2, 0.25) is 0 Å². The van der Waals surface area contributed by atoms with Crippen LogP contribution in [0.15, 0.2) is 11.1 Å². The molecule has 2 nitrogen and oxygen atoms in total. The SMILES string of the molecule is CCCCC(O)NC1C=C(Cl)CCS1. The lowest BCUT2D eigenvalue weighted by molar-refractivity contribution is 0.126. The Bertz CT molecular complexity index is 199. The Balaban J connectivity index is 2.25. The van der Waals surface area contributed by atoms with Crippen LogP contribution in [0.2, 0.25) is 0 Å². The summed E-state index contributed by atoms with van der Waals surface area (Å²) in [5, 5.41) is 13.9. The van der Waals surface area contributed by atoms with E-state index < -0.39 is 6.23 Å². The Morgan fingerprint density at radius 2 is 2.57 bits per heavy atom. The Kier molecular flexibility index (Phi) is 5.94. The molecule has 1 heterocycles. The lowest BCUT2D eigenvalue weighted by Crippen LogP contribution is -2.36. The lowest BCUT2D eigenvalue weighted by atomic mass is 10.2. The summed E-state index contributed by atoms with van der Waals surface area (Å²) < 4.78 is 0. The number of nitrogens with one attached hydrogen (secondary N) is 1. The second-order valence-electron chi connectivity index (χ2n) is 3.48. The van der Waals surface area contributed by atoms with Gasteiger partial charge in [-0.1, -0.05) is 24.9 Å². The number of hydrogen-bond acceptors (Lipinski definition) is 3. The summed E-state index contributed by atoms with van der Waals surface area (Å²) in [5.41, 5.74) is 0. The molecule has 0 radical (unpaired) electrons. The van der Waals surface area contributed by atoms with E-state index in [-0.39, 0.29) is 5.37 Å². The maximum absolute atomic E-state index is 9.62. The molecule has 0 fully saturated rings. The monoisotopic (exact) mass is 235 g/mol. The fourth-order valence-electron chi connectivity index (χ4n) is 1.35. The van der Waals surface area contributed by atoms with E-state index in [4.69, 9.17) is 11.6 Å². The van der Waals surface area contributed by atoms with Gasteiger partial charge in [0.15, 0.2) is 0 Å². The molecule has 0 aliphatic carbocycles. The zero-order valence-electron chi connectivity index (χ0n) is 8.50. The Hall–Kier alpha value is 0.300. The van der Waals surface area contributed by atoms with E-state index in [1.165, 1.54) is 0 Å². The molecule has 14 heavy (non-hydrogen) atoms. The summed E-state index contributed by atoms with van der Waals surface area (Å²) in [6, 6.07) is 0. The van der Waals surface area contributed by atoms with Crippen molar-refractivity contribution in [2.24, 2.45) is 0 Å². The normalized spacial score (nSPS) is 24.5. The Labute approximate surface area is 95.1 Å². The van der Waals surface area contributed by atoms with Gasteiger partial charge in [0, 0.05) is 10.8 Å². The summed E-state index contributed by atoms with van der Waals surface area (Å²) in [6.07, 6.45) is 5.54. The van der Waals surface area contributed by atoms with E-state index in [0.717, 1.165) is 36.5 Å². The fourth-order valence-corrected chi connectivity index (χ4v) is 2.86.